The van der Waals surface area contributed by atoms with E-state index in [1.54, 1.807) is 20.8 Å². The molecular formula is C7H11BF3KO2. The Morgan fingerprint density at radius 2 is 1.71 bits per heavy atom. The molecule has 0 amide bonds. The van der Waals surface area contributed by atoms with Gasteiger partial charge in [-0.1, -0.05) is 0 Å². The van der Waals surface area contributed by atoms with Crippen LogP contribution in [0.1, 0.15) is 20.8 Å². The fraction of sp³-hybridized carbons (Fsp3) is 0.571. The van der Waals surface area contributed by atoms with Crippen molar-refractivity contribution in [3.05, 3.63) is 12.1 Å². The molecule has 0 atom stereocenters. The van der Waals surface area contributed by atoms with Crippen molar-refractivity contribution in [3.8, 4) is 0 Å². The topological polar surface area (TPSA) is 26.3 Å². The van der Waals surface area contributed by atoms with Gasteiger partial charge in [0.2, 0.25) is 0 Å². The second-order valence-corrected chi connectivity index (χ2v) is 3.52. The average molecular weight is 234 g/mol. The Hall–Kier alpha value is 0.701. The third-order valence-electron chi connectivity index (χ3n) is 0.857. The zero-order valence-corrected chi connectivity index (χ0v) is 11.8. The van der Waals surface area contributed by atoms with Gasteiger partial charge in [-0.05, 0) is 26.8 Å². The second kappa shape index (κ2) is 6.32. The quantitative estimate of drug-likeness (QED) is 0.358. The molecule has 0 aliphatic carbocycles. The van der Waals surface area contributed by atoms with Crippen LogP contribution >= 0.6 is 0 Å². The molecule has 0 fully saturated rings. The number of carbonyl (C=O) groups is 1. The Morgan fingerprint density at radius 3 is 2.00 bits per heavy atom. The molecule has 0 N–H and O–H groups in total. The van der Waals surface area contributed by atoms with Gasteiger partial charge in [0.1, 0.15) is 5.60 Å². The summed E-state index contributed by atoms with van der Waals surface area (Å²) in [6.07, 6.45) is 0.394. The van der Waals surface area contributed by atoms with Gasteiger partial charge in [0.25, 0.3) is 0 Å². The normalized spacial score (nSPS) is 12.4. The maximum absolute atomic E-state index is 11.6. The molecule has 0 aromatic carbocycles. The van der Waals surface area contributed by atoms with Gasteiger partial charge >= 0.3 is 64.3 Å². The molecule has 0 aliphatic rings. The van der Waals surface area contributed by atoms with E-state index in [0.29, 0.717) is 6.08 Å². The summed E-state index contributed by atoms with van der Waals surface area (Å²) in [7, 11) is 0. The molecule has 0 saturated heterocycles. The van der Waals surface area contributed by atoms with Gasteiger partial charge in [-0.2, -0.15) is 0 Å². The summed E-state index contributed by atoms with van der Waals surface area (Å²) in [5.74, 6) is -1.07. The predicted octanol–water partition coefficient (Wildman–Crippen LogP) is -0.725. The van der Waals surface area contributed by atoms with Crippen molar-refractivity contribution in [2.45, 2.75) is 26.4 Å². The fourth-order valence-corrected chi connectivity index (χ4v) is 0.523. The average Bonchev–Trinajstić information content (AvgIpc) is 1.78. The molecule has 14 heavy (non-hydrogen) atoms. The van der Waals surface area contributed by atoms with Crippen LogP contribution in [0.2, 0.25) is 0 Å². The van der Waals surface area contributed by atoms with Crippen molar-refractivity contribution in [1.29, 1.82) is 0 Å². The monoisotopic (exact) mass is 234 g/mol. The maximum atomic E-state index is 11.6. The van der Waals surface area contributed by atoms with Gasteiger partial charge in [0.15, 0.2) is 0 Å². The summed E-state index contributed by atoms with van der Waals surface area (Å²) in [5.41, 5.74) is -0.764. The first kappa shape index (κ1) is 17.1. The van der Waals surface area contributed by atoms with E-state index >= 15 is 0 Å². The van der Waals surface area contributed by atoms with Crippen molar-refractivity contribution >= 4 is 12.9 Å². The van der Waals surface area contributed by atoms with E-state index in [1.165, 1.54) is 0 Å². The summed E-state index contributed by atoms with van der Waals surface area (Å²) < 4.78 is 39.5. The Labute approximate surface area is 124 Å². The van der Waals surface area contributed by atoms with Gasteiger partial charge in [-0.25, -0.2) is 4.79 Å². The van der Waals surface area contributed by atoms with Gasteiger partial charge in [0, 0.05) is 0 Å². The van der Waals surface area contributed by atoms with Crippen LogP contribution in [-0.2, 0) is 9.53 Å². The molecule has 0 aromatic heterocycles. The first-order valence-electron chi connectivity index (χ1n) is 3.72. The number of carbonyl (C=O) groups excluding carboxylic acids is 1. The van der Waals surface area contributed by atoms with Crippen LogP contribution in [0.25, 0.3) is 0 Å². The van der Waals surface area contributed by atoms with Crippen LogP contribution in [-0.4, -0.2) is 18.5 Å². The molecule has 7 heteroatoms. The zero-order chi connectivity index (χ0) is 10.7. The Kier molecular flexibility index (Phi) is 7.72. The van der Waals surface area contributed by atoms with Crippen molar-refractivity contribution in [2.75, 3.05) is 0 Å². The van der Waals surface area contributed by atoms with Crippen LogP contribution < -0.4 is 51.4 Å². The molecule has 0 heterocycles. The zero-order valence-electron chi connectivity index (χ0n) is 8.68. The largest absolute Gasteiger partial charge is 1.00 e. The predicted molar refractivity (Wildman–Crippen MR) is 44.1 cm³/mol. The molecular weight excluding hydrogens is 223 g/mol. The number of ether oxygens (including phenoxy) is 1. The van der Waals surface area contributed by atoms with Crippen molar-refractivity contribution in [1.82, 2.24) is 0 Å². The molecule has 2 nitrogen and oxygen atoms in total. The summed E-state index contributed by atoms with van der Waals surface area (Å²) in [5, 5.41) is 0. The third kappa shape index (κ3) is 12.7. The van der Waals surface area contributed by atoms with E-state index in [1.807, 2.05) is 0 Å². The first-order valence-corrected chi connectivity index (χ1v) is 3.72. The Morgan fingerprint density at radius 1 is 1.29 bits per heavy atom. The van der Waals surface area contributed by atoms with Gasteiger partial charge in [-0.15, -0.1) is 5.98 Å². The molecule has 0 spiro atoms. The van der Waals surface area contributed by atoms with Crippen LogP contribution in [0.3, 0.4) is 0 Å². The fourth-order valence-electron chi connectivity index (χ4n) is 0.523. The van der Waals surface area contributed by atoms with Gasteiger partial charge < -0.3 is 17.7 Å². The number of halogens is 3. The summed E-state index contributed by atoms with van der Waals surface area (Å²) >= 11 is 0. The van der Waals surface area contributed by atoms with Gasteiger partial charge in [0.05, 0.1) is 0 Å². The number of rotatable bonds is 2. The maximum Gasteiger partial charge on any atom is 1.00 e. The summed E-state index contributed by atoms with van der Waals surface area (Å²) in [4.78, 5) is 10.7. The van der Waals surface area contributed by atoms with Crippen LogP contribution in [0.15, 0.2) is 12.1 Å². The SMILES string of the molecule is CC(C)(C)OC(=O)/C=C\[B-](F)(F)F.[K+]. The molecule has 0 aromatic rings. The van der Waals surface area contributed by atoms with Crippen molar-refractivity contribution in [3.63, 3.8) is 0 Å². The molecule has 0 radical (unpaired) electrons. The Bertz CT molecular complexity index is 220. The van der Waals surface area contributed by atoms with Crippen molar-refractivity contribution < 1.29 is 73.9 Å². The first-order chi connectivity index (χ1) is 5.60. The van der Waals surface area contributed by atoms with Crippen LogP contribution in [0.4, 0.5) is 12.9 Å². The number of hydrogen-bond acceptors (Lipinski definition) is 2. The van der Waals surface area contributed by atoms with Crippen LogP contribution in [0.5, 0.6) is 0 Å². The molecule has 0 rings (SSSR count). The van der Waals surface area contributed by atoms with E-state index in [9.17, 15) is 17.7 Å². The molecule has 0 bridgehead atoms. The second-order valence-electron chi connectivity index (χ2n) is 3.52. The van der Waals surface area contributed by atoms with E-state index in [4.69, 9.17) is 0 Å². The minimum atomic E-state index is -5.06. The number of esters is 1. The summed E-state index contributed by atoms with van der Waals surface area (Å²) in [6.45, 7) is -0.318. The van der Waals surface area contributed by atoms with Crippen LogP contribution in [0, 0.1) is 0 Å². The summed E-state index contributed by atoms with van der Waals surface area (Å²) in [6, 6.07) is 0. The van der Waals surface area contributed by atoms with E-state index in [-0.39, 0.29) is 57.4 Å². The molecule has 0 saturated carbocycles. The molecule has 76 valence electrons. The number of hydrogen-bond donors (Lipinski definition) is 0. The Balaban J connectivity index is 0. The minimum Gasteiger partial charge on any atom is -0.457 e. The smallest absolute Gasteiger partial charge is 0.457 e. The molecule has 0 unspecified atom stereocenters. The molecule has 0 aliphatic heterocycles. The standard InChI is InChI=1S/C7H11BF3O2.K/c1-7(2,3)13-6(12)4-5-8(9,10)11;/h4-5H,1-3H3;/q-1;+1/b5-4-;. The van der Waals surface area contributed by atoms with E-state index in [2.05, 4.69) is 4.74 Å². The van der Waals surface area contributed by atoms with E-state index in [0.717, 1.165) is 0 Å². The van der Waals surface area contributed by atoms with Gasteiger partial charge in [-0.3, -0.25) is 0 Å². The van der Waals surface area contributed by atoms with Crippen molar-refractivity contribution in [2.24, 2.45) is 0 Å². The minimum absolute atomic E-state index is 0. The third-order valence-corrected chi connectivity index (χ3v) is 0.857. The van der Waals surface area contributed by atoms with E-state index < -0.39 is 18.5 Å².